The van der Waals surface area contributed by atoms with E-state index in [-0.39, 0.29) is 17.2 Å². The summed E-state index contributed by atoms with van der Waals surface area (Å²) in [5, 5.41) is 0. The van der Waals surface area contributed by atoms with E-state index >= 15 is 0 Å². The number of hydrogen-bond donors (Lipinski definition) is 0. The van der Waals surface area contributed by atoms with Crippen LogP contribution in [0.3, 0.4) is 0 Å². The van der Waals surface area contributed by atoms with Crippen molar-refractivity contribution in [3.63, 3.8) is 0 Å². The van der Waals surface area contributed by atoms with Crippen LogP contribution in [0.15, 0.2) is 0 Å². The molecule has 0 aliphatic carbocycles. The third-order valence-electron chi connectivity index (χ3n) is 1.91. The molecule has 0 aromatic carbocycles. The second kappa shape index (κ2) is 8.62. The quantitative estimate of drug-likeness (QED) is 0.502. The average molecular weight is 359 g/mol. The molecule has 0 aliphatic heterocycles. The SMILES string of the molecule is CCCCC(CC)[CH2][Sn][I]. The van der Waals surface area contributed by atoms with E-state index in [2.05, 4.69) is 32.5 Å². The molecular formula is C8H17ISn. The molecule has 0 aliphatic rings. The Balaban J connectivity index is 3.21. The van der Waals surface area contributed by atoms with Crippen molar-refractivity contribution in [1.82, 2.24) is 0 Å². The second-order valence-electron chi connectivity index (χ2n) is 2.75. The summed E-state index contributed by atoms with van der Waals surface area (Å²) in [6, 6.07) is 0. The van der Waals surface area contributed by atoms with Gasteiger partial charge in [0, 0.05) is 0 Å². The molecule has 0 fully saturated rings. The van der Waals surface area contributed by atoms with E-state index in [0.29, 0.717) is 0 Å². The Hall–Kier alpha value is 1.53. The maximum absolute atomic E-state index is 2.65. The molecule has 0 rings (SSSR count). The van der Waals surface area contributed by atoms with E-state index in [0.717, 1.165) is 5.92 Å². The number of hydrogen-bond acceptors (Lipinski definition) is 0. The average Bonchev–Trinajstić information content (AvgIpc) is 1.98. The molecule has 0 nitrogen and oxygen atoms in total. The Morgan fingerprint density at radius 1 is 1.40 bits per heavy atom. The first kappa shape index (κ1) is 11.5. The topological polar surface area (TPSA) is 0 Å². The molecule has 0 aromatic rings. The van der Waals surface area contributed by atoms with Crippen molar-refractivity contribution in [2.45, 2.75) is 44.0 Å². The van der Waals surface area contributed by atoms with E-state index in [1.54, 1.807) is 4.44 Å². The summed E-state index contributed by atoms with van der Waals surface area (Å²) in [5.41, 5.74) is 0. The Kier molecular flexibility index (Phi) is 9.94. The van der Waals surface area contributed by atoms with E-state index < -0.39 is 0 Å². The van der Waals surface area contributed by atoms with Crippen molar-refractivity contribution in [1.29, 1.82) is 0 Å². The standard InChI is InChI=1S/C8H17.HI.Sn/c1-4-6-7-8(3)5-2;;/h8H,3-7H2,1-2H3;1H;/q;;+1/p-1. The van der Waals surface area contributed by atoms with Gasteiger partial charge in [0.1, 0.15) is 0 Å². The molecule has 2 radical (unpaired) electrons. The first-order valence-corrected chi connectivity index (χ1v) is 14.5. The maximum atomic E-state index is 2.65. The molecule has 1 unspecified atom stereocenters. The summed E-state index contributed by atoms with van der Waals surface area (Å²) in [5.74, 6) is 1.09. The number of rotatable bonds is 6. The monoisotopic (exact) mass is 360 g/mol. The summed E-state index contributed by atoms with van der Waals surface area (Å²) >= 11 is 2.71. The molecule has 60 valence electrons. The Morgan fingerprint density at radius 2 is 2.10 bits per heavy atom. The molecule has 1 atom stereocenters. The fraction of sp³-hybridized carbons (Fsp3) is 1.00. The number of unbranched alkanes of at least 4 members (excludes halogenated alkanes) is 1. The van der Waals surface area contributed by atoms with Gasteiger partial charge in [-0.3, -0.25) is 0 Å². The van der Waals surface area contributed by atoms with E-state index in [9.17, 15) is 0 Å². The molecule has 10 heavy (non-hydrogen) atoms. The van der Waals surface area contributed by atoms with Gasteiger partial charge in [0.15, 0.2) is 0 Å². The van der Waals surface area contributed by atoms with Gasteiger partial charge in [0.05, 0.1) is 0 Å². The molecule has 0 N–H and O–H groups in total. The van der Waals surface area contributed by atoms with Crippen LogP contribution in [-0.2, 0) is 0 Å². The molecule has 0 amide bonds. The molecule has 0 saturated heterocycles. The van der Waals surface area contributed by atoms with Crippen LogP contribution in [0.5, 0.6) is 0 Å². The van der Waals surface area contributed by atoms with Crippen molar-refractivity contribution in [2.75, 3.05) is 0 Å². The van der Waals surface area contributed by atoms with Gasteiger partial charge in [-0.15, -0.1) is 0 Å². The summed E-state index contributed by atoms with van der Waals surface area (Å²) in [7, 11) is 0. The van der Waals surface area contributed by atoms with Gasteiger partial charge in [0.25, 0.3) is 0 Å². The predicted octanol–water partition coefficient (Wildman–Crippen LogP) is 3.68. The molecule has 0 bridgehead atoms. The van der Waals surface area contributed by atoms with Crippen LogP contribution in [-0.4, -0.2) is 17.2 Å². The fourth-order valence-corrected chi connectivity index (χ4v) is 7.26. The van der Waals surface area contributed by atoms with Gasteiger partial charge < -0.3 is 0 Å². The van der Waals surface area contributed by atoms with Crippen LogP contribution in [0.4, 0.5) is 0 Å². The Morgan fingerprint density at radius 3 is 2.50 bits per heavy atom. The molecule has 0 spiro atoms. The van der Waals surface area contributed by atoms with E-state index in [1.165, 1.54) is 25.7 Å². The summed E-state index contributed by atoms with van der Waals surface area (Å²) in [4.78, 5) is 0. The van der Waals surface area contributed by atoms with Crippen LogP contribution in [0, 0.1) is 5.92 Å². The summed E-state index contributed by atoms with van der Waals surface area (Å²) in [6.45, 7) is 4.63. The van der Waals surface area contributed by atoms with Gasteiger partial charge in [0.2, 0.25) is 0 Å². The van der Waals surface area contributed by atoms with E-state index in [4.69, 9.17) is 0 Å². The van der Waals surface area contributed by atoms with Gasteiger partial charge in [-0.1, -0.05) is 0 Å². The number of halogens is 1. The van der Waals surface area contributed by atoms with Crippen LogP contribution in [0.1, 0.15) is 39.5 Å². The van der Waals surface area contributed by atoms with Crippen molar-refractivity contribution in [3.05, 3.63) is 0 Å². The van der Waals surface area contributed by atoms with Gasteiger partial charge in [-0.2, -0.15) is 0 Å². The Labute approximate surface area is 85.0 Å². The Bertz CT molecular complexity index is 66.3. The first-order chi connectivity index (χ1) is 4.85. The van der Waals surface area contributed by atoms with Crippen molar-refractivity contribution in [2.24, 2.45) is 5.92 Å². The molecule has 0 aromatic heterocycles. The molecule has 0 saturated carbocycles. The predicted molar refractivity (Wildman–Crippen MR) is 57.9 cm³/mol. The van der Waals surface area contributed by atoms with Gasteiger partial charge >= 0.3 is 85.7 Å². The second-order valence-corrected chi connectivity index (χ2v) is 9.80. The van der Waals surface area contributed by atoms with Gasteiger partial charge in [-0.25, -0.2) is 0 Å². The molecular weight excluding hydrogens is 342 g/mol. The summed E-state index contributed by atoms with van der Waals surface area (Å²) in [6.07, 6.45) is 5.75. The normalized spacial score (nSPS) is 13.5. The van der Waals surface area contributed by atoms with Crippen molar-refractivity contribution >= 4 is 35.8 Å². The van der Waals surface area contributed by atoms with Crippen molar-refractivity contribution < 1.29 is 0 Å². The van der Waals surface area contributed by atoms with Crippen LogP contribution in [0.2, 0.25) is 4.44 Å². The first-order valence-electron chi connectivity index (χ1n) is 4.18. The van der Waals surface area contributed by atoms with Crippen LogP contribution in [0.25, 0.3) is 0 Å². The minimum atomic E-state index is 0.0656. The van der Waals surface area contributed by atoms with E-state index in [1.807, 2.05) is 0 Å². The zero-order chi connectivity index (χ0) is 7.82. The fourth-order valence-electron chi connectivity index (χ4n) is 1.05. The van der Waals surface area contributed by atoms with Gasteiger partial charge in [-0.05, 0) is 0 Å². The van der Waals surface area contributed by atoms with Crippen LogP contribution >= 0.6 is 18.6 Å². The minimum absolute atomic E-state index is 0.0656. The molecule has 0 heterocycles. The van der Waals surface area contributed by atoms with Crippen LogP contribution < -0.4 is 0 Å². The molecule has 2 heteroatoms. The summed E-state index contributed by atoms with van der Waals surface area (Å²) < 4.78 is 1.60. The third-order valence-corrected chi connectivity index (χ3v) is 6.95. The third kappa shape index (κ3) is 6.25. The zero-order valence-electron chi connectivity index (χ0n) is 6.99. The van der Waals surface area contributed by atoms with Crippen molar-refractivity contribution in [3.8, 4) is 0 Å². The zero-order valence-corrected chi connectivity index (χ0v) is 12.0.